The van der Waals surface area contributed by atoms with E-state index in [1.807, 2.05) is 6.92 Å². The van der Waals surface area contributed by atoms with Crippen molar-refractivity contribution < 1.29 is 14.6 Å². The molecule has 0 saturated heterocycles. The van der Waals surface area contributed by atoms with Crippen LogP contribution in [0.25, 0.3) is 0 Å². The number of rotatable bonds is 5. The van der Waals surface area contributed by atoms with E-state index >= 15 is 0 Å². The van der Waals surface area contributed by atoms with Gasteiger partial charge in [0.25, 0.3) is 5.91 Å². The molecule has 0 fully saturated rings. The van der Waals surface area contributed by atoms with Crippen molar-refractivity contribution in [1.82, 2.24) is 0 Å². The van der Waals surface area contributed by atoms with Crippen molar-refractivity contribution >= 4 is 23.2 Å². The molecule has 2 rings (SSSR count). The number of aryl methyl sites for hydroxylation is 1. The molecule has 0 atom stereocenters. The van der Waals surface area contributed by atoms with Gasteiger partial charge in [0.2, 0.25) is 0 Å². The number of aliphatic hydroxyl groups is 1. The first-order chi connectivity index (χ1) is 10.1. The van der Waals surface area contributed by atoms with Crippen LogP contribution in [0.5, 0.6) is 5.75 Å². The molecule has 0 aromatic heterocycles. The van der Waals surface area contributed by atoms with Crippen molar-refractivity contribution in [1.29, 1.82) is 0 Å². The number of anilines is 1. The fraction of sp³-hybridized carbons (Fsp3) is 0.188. The van der Waals surface area contributed by atoms with Crippen LogP contribution < -0.4 is 10.1 Å². The maximum absolute atomic E-state index is 11.9. The van der Waals surface area contributed by atoms with Crippen LogP contribution in [0, 0.1) is 6.92 Å². The number of carbonyl (C=O) groups is 1. The second-order valence-corrected chi connectivity index (χ2v) is 5.04. The number of aliphatic hydroxyl groups excluding tert-OH is 1. The molecule has 0 unspecified atom stereocenters. The number of carbonyl (C=O) groups excluding carboxylic acids is 1. The summed E-state index contributed by atoms with van der Waals surface area (Å²) >= 11 is 5.87. The van der Waals surface area contributed by atoms with Gasteiger partial charge in [0.1, 0.15) is 5.75 Å². The summed E-state index contributed by atoms with van der Waals surface area (Å²) in [7, 11) is 0. The number of nitrogens with one attached hydrogen (secondary N) is 1. The Bertz CT molecular complexity index is 643. The summed E-state index contributed by atoms with van der Waals surface area (Å²) in [4.78, 5) is 11.9. The van der Waals surface area contributed by atoms with Gasteiger partial charge in [0.15, 0.2) is 6.61 Å². The molecular weight excluding hydrogens is 290 g/mol. The number of amides is 1. The first-order valence-corrected chi connectivity index (χ1v) is 6.85. The summed E-state index contributed by atoms with van der Waals surface area (Å²) < 4.78 is 5.40. The Morgan fingerprint density at radius 3 is 2.81 bits per heavy atom. The second kappa shape index (κ2) is 7.11. The van der Waals surface area contributed by atoms with E-state index in [1.54, 1.807) is 42.5 Å². The van der Waals surface area contributed by atoms with Gasteiger partial charge in [0, 0.05) is 10.7 Å². The highest BCUT2D eigenvalue weighted by Gasteiger charge is 2.06. The average Bonchev–Trinajstić information content (AvgIpc) is 2.48. The van der Waals surface area contributed by atoms with Crippen molar-refractivity contribution in [3.8, 4) is 5.75 Å². The molecular formula is C16H16ClNO3. The third-order valence-electron chi connectivity index (χ3n) is 2.91. The summed E-state index contributed by atoms with van der Waals surface area (Å²) in [6.07, 6.45) is 0. The van der Waals surface area contributed by atoms with Crippen LogP contribution in [0.15, 0.2) is 42.5 Å². The SMILES string of the molecule is Cc1cc(Cl)ccc1NC(=O)COc1cccc(CO)c1. The molecule has 2 N–H and O–H groups in total. The minimum Gasteiger partial charge on any atom is -0.484 e. The highest BCUT2D eigenvalue weighted by atomic mass is 35.5. The van der Waals surface area contributed by atoms with Crippen LogP contribution >= 0.6 is 11.6 Å². The topological polar surface area (TPSA) is 58.6 Å². The summed E-state index contributed by atoms with van der Waals surface area (Å²) in [5.41, 5.74) is 2.33. The lowest BCUT2D eigenvalue weighted by Gasteiger charge is -2.10. The van der Waals surface area contributed by atoms with E-state index in [2.05, 4.69) is 5.32 Å². The first kappa shape index (κ1) is 15.4. The lowest BCUT2D eigenvalue weighted by atomic mass is 10.2. The molecule has 4 nitrogen and oxygen atoms in total. The highest BCUT2D eigenvalue weighted by Crippen LogP contribution is 2.19. The van der Waals surface area contributed by atoms with Crippen LogP contribution in [0.1, 0.15) is 11.1 Å². The molecule has 0 bridgehead atoms. The molecule has 1 amide bonds. The van der Waals surface area contributed by atoms with E-state index in [0.29, 0.717) is 16.5 Å². The van der Waals surface area contributed by atoms with Crippen molar-refractivity contribution in [3.63, 3.8) is 0 Å². The van der Waals surface area contributed by atoms with E-state index in [9.17, 15) is 4.79 Å². The summed E-state index contributed by atoms with van der Waals surface area (Å²) in [6.45, 7) is 1.71. The minimum atomic E-state index is -0.255. The van der Waals surface area contributed by atoms with Crippen molar-refractivity contribution in [2.45, 2.75) is 13.5 Å². The Balaban J connectivity index is 1.92. The highest BCUT2D eigenvalue weighted by molar-refractivity contribution is 6.30. The van der Waals surface area contributed by atoms with Gasteiger partial charge in [-0.05, 0) is 48.4 Å². The maximum atomic E-state index is 11.9. The standard InChI is InChI=1S/C16H16ClNO3/c1-11-7-13(17)5-6-15(11)18-16(20)10-21-14-4-2-3-12(8-14)9-19/h2-8,19H,9-10H2,1H3,(H,18,20). The number of halogens is 1. The van der Waals surface area contributed by atoms with Crippen molar-refractivity contribution in [2.75, 3.05) is 11.9 Å². The van der Waals surface area contributed by atoms with E-state index < -0.39 is 0 Å². The molecule has 2 aromatic rings. The largest absolute Gasteiger partial charge is 0.484 e. The Morgan fingerprint density at radius 2 is 2.10 bits per heavy atom. The Labute approximate surface area is 128 Å². The van der Waals surface area contributed by atoms with Crippen LogP contribution in [0.3, 0.4) is 0 Å². The van der Waals surface area contributed by atoms with E-state index in [0.717, 1.165) is 11.1 Å². The Kier molecular flexibility index (Phi) is 5.20. The van der Waals surface area contributed by atoms with E-state index in [4.69, 9.17) is 21.4 Å². The number of ether oxygens (including phenoxy) is 1. The van der Waals surface area contributed by atoms with E-state index in [1.165, 1.54) is 0 Å². The fourth-order valence-corrected chi connectivity index (χ4v) is 2.06. The third-order valence-corrected chi connectivity index (χ3v) is 3.15. The van der Waals surface area contributed by atoms with Gasteiger partial charge in [-0.3, -0.25) is 4.79 Å². The molecule has 5 heteroatoms. The predicted octanol–water partition coefficient (Wildman–Crippen LogP) is 3.16. The zero-order valence-corrected chi connectivity index (χ0v) is 12.4. The maximum Gasteiger partial charge on any atom is 0.262 e. The smallest absolute Gasteiger partial charge is 0.262 e. The average molecular weight is 306 g/mol. The lowest BCUT2D eigenvalue weighted by molar-refractivity contribution is -0.118. The summed E-state index contributed by atoms with van der Waals surface area (Å²) in [5, 5.41) is 12.4. The van der Waals surface area contributed by atoms with Gasteiger partial charge < -0.3 is 15.2 Å². The molecule has 0 aliphatic rings. The Morgan fingerprint density at radius 1 is 1.29 bits per heavy atom. The second-order valence-electron chi connectivity index (χ2n) is 4.60. The van der Waals surface area contributed by atoms with Crippen molar-refractivity contribution in [3.05, 3.63) is 58.6 Å². The summed E-state index contributed by atoms with van der Waals surface area (Å²) in [5.74, 6) is 0.291. The zero-order valence-electron chi connectivity index (χ0n) is 11.6. The number of hydrogen-bond donors (Lipinski definition) is 2. The fourth-order valence-electron chi connectivity index (χ4n) is 1.84. The number of hydrogen-bond acceptors (Lipinski definition) is 3. The molecule has 2 aromatic carbocycles. The predicted molar refractivity (Wildman–Crippen MR) is 82.7 cm³/mol. The molecule has 0 saturated carbocycles. The van der Waals surface area contributed by atoms with Gasteiger partial charge in [-0.1, -0.05) is 23.7 Å². The molecule has 0 heterocycles. The van der Waals surface area contributed by atoms with Crippen LogP contribution in [-0.2, 0) is 11.4 Å². The van der Waals surface area contributed by atoms with Gasteiger partial charge in [0.05, 0.1) is 6.61 Å². The molecule has 0 aliphatic heterocycles. The molecule has 0 aliphatic carbocycles. The molecule has 0 radical (unpaired) electrons. The summed E-state index contributed by atoms with van der Waals surface area (Å²) in [6, 6.07) is 12.2. The van der Waals surface area contributed by atoms with Gasteiger partial charge in [-0.2, -0.15) is 0 Å². The van der Waals surface area contributed by atoms with Crippen LogP contribution in [0.4, 0.5) is 5.69 Å². The minimum absolute atomic E-state index is 0.0621. The van der Waals surface area contributed by atoms with Gasteiger partial charge in [-0.25, -0.2) is 0 Å². The zero-order chi connectivity index (χ0) is 15.2. The first-order valence-electron chi connectivity index (χ1n) is 6.47. The van der Waals surface area contributed by atoms with Crippen LogP contribution in [0.2, 0.25) is 5.02 Å². The molecule has 21 heavy (non-hydrogen) atoms. The normalized spacial score (nSPS) is 10.2. The van der Waals surface area contributed by atoms with E-state index in [-0.39, 0.29) is 19.1 Å². The molecule has 110 valence electrons. The molecule has 0 spiro atoms. The quantitative estimate of drug-likeness (QED) is 0.892. The monoisotopic (exact) mass is 305 g/mol. The third kappa shape index (κ3) is 4.48. The van der Waals surface area contributed by atoms with Crippen LogP contribution in [-0.4, -0.2) is 17.6 Å². The lowest BCUT2D eigenvalue weighted by Crippen LogP contribution is -2.20. The van der Waals surface area contributed by atoms with Gasteiger partial charge in [-0.15, -0.1) is 0 Å². The Hall–Kier alpha value is -2.04. The van der Waals surface area contributed by atoms with Gasteiger partial charge >= 0.3 is 0 Å². The van der Waals surface area contributed by atoms with Crippen molar-refractivity contribution in [2.24, 2.45) is 0 Å². The number of benzene rings is 2.